The zero-order chi connectivity index (χ0) is 34.3. The Morgan fingerprint density at radius 3 is 1.36 bits per heavy atom. The Hall–Kier alpha value is -2.22. The lowest BCUT2D eigenvalue weighted by Crippen LogP contribution is -2.75. The monoisotopic (exact) mass is 685 g/mol. The first-order valence-electron chi connectivity index (χ1n) is 10.1. The fraction of sp³-hybridized carbons (Fsp3) is 0.875. The molecule has 0 saturated heterocycles. The first kappa shape index (κ1) is 39.8. The van der Waals surface area contributed by atoms with E-state index in [0.717, 1.165) is 0 Å². The maximum absolute atomic E-state index is 14.3. The second-order valence-corrected chi connectivity index (χ2v) is 10.1. The van der Waals surface area contributed by atoms with Crippen LogP contribution in [0.25, 0.3) is 0 Å². The summed E-state index contributed by atoms with van der Waals surface area (Å²) in [6.45, 7) is -5.49. The van der Waals surface area contributed by atoms with Crippen LogP contribution in [0.3, 0.4) is 0 Å². The minimum atomic E-state index is -9.00. The SMILES string of the molecule is NC(=O)C[C@H](N)C(=O)CCN(CCO)S(=O)(=O)C(F)(F)C(F)(F)C(F)(F)C(F)(F)C(F)(F)C(F)(F)C(F)(F)C(F)(F)F. The summed E-state index contributed by atoms with van der Waals surface area (Å²) in [6, 6.07) is -1.94. The molecule has 5 N–H and O–H groups in total. The molecule has 8 nitrogen and oxygen atoms in total. The van der Waals surface area contributed by atoms with Crippen LogP contribution in [-0.4, -0.2) is 102 Å². The summed E-state index contributed by atoms with van der Waals surface area (Å²) in [6.07, 6.45) is -10.5. The molecule has 0 radical (unpaired) electrons. The number of amides is 1. The van der Waals surface area contributed by atoms with Crippen LogP contribution in [0.15, 0.2) is 0 Å². The van der Waals surface area contributed by atoms with E-state index in [1.807, 2.05) is 0 Å². The van der Waals surface area contributed by atoms with Crippen molar-refractivity contribution in [1.82, 2.24) is 4.31 Å². The standard InChI is InChI=1S/C16H16F17N3O5S/c17-9(18,11(21,22)13(25,26)15(29,30)31)10(19,20)12(23,24)14(27,28)16(32,33)42(40,41)36(3-4-37)2-1-7(38)6(34)5-8(35)39/h6,37H,1-5,34H2,(H2,35,39)/t6-/m0/s1. The van der Waals surface area contributed by atoms with Gasteiger partial charge in [-0.15, -0.1) is 0 Å². The molecule has 0 saturated carbocycles. The van der Waals surface area contributed by atoms with Crippen LogP contribution in [0.4, 0.5) is 74.6 Å². The number of primary amides is 1. The second-order valence-electron chi connectivity index (χ2n) is 8.08. The molecule has 0 bridgehead atoms. The minimum Gasteiger partial charge on any atom is -0.395 e. The molecule has 26 heteroatoms. The van der Waals surface area contributed by atoms with Gasteiger partial charge in [-0.05, 0) is 0 Å². The maximum Gasteiger partial charge on any atom is 0.460 e. The van der Waals surface area contributed by atoms with Crippen molar-refractivity contribution in [2.75, 3.05) is 19.7 Å². The number of rotatable bonds is 16. The van der Waals surface area contributed by atoms with Gasteiger partial charge in [-0.25, -0.2) is 8.42 Å². The van der Waals surface area contributed by atoms with E-state index < -0.39 is 112 Å². The summed E-state index contributed by atoms with van der Waals surface area (Å²) < 4.78 is 251. The molecule has 0 aromatic carbocycles. The maximum atomic E-state index is 14.3. The molecule has 0 heterocycles. The van der Waals surface area contributed by atoms with Gasteiger partial charge >= 0.3 is 47.0 Å². The van der Waals surface area contributed by atoms with Gasteiger partial charge in [-0.3, -0.25) is 9.59 Å². The van der Waals surface area contributed by atoms with E-state index in [1.165, 1.54) is 0 Å². The summed E-state index contributed by atoms with van der Waals surface area (Å²) in [5.74, 6) is -55.3. The average Bonchev–Trinajstić information content (AvgIpc) is 2.79. The molecule has 0 aromatic rings. The molecule has 0 aliphatic rings. The summed E-state index contributed by atoms with van der Waals surface area (Å²) in [5.41, 5.74) is 9.77. The van der Waals surface area contributed by atoms with Crippen molar-refractivity contribution in [3.63, 3.8) is 0 Å². The highest BCUT2D eigenvalue weighted by molar-refractivity contribution is 7.90. The largest absolute Gasteiger partial charge is 0.460 e. The van der Waals surface area contributed by atoms with Crippen molar-refractivity contribution in [3.05, 3.63) is 0 Å². The number of carbonyl (C=O) groups excluding carboxylic acids is 2. The number of nitrogens with zero attached hydrogens (tertiary/aromatic N) is 1. The predicted octanol–water partition coefficient (Wildman–Crippen LogP) is 2.74. The molecule has 0 aliphatic heterocycles. The highest BCUT2D eigenvalue weighted by Gasteiger charge is 2.96. The number of carbonyl (C=O) groups is 2. The number of aliphatic hydroxyl groups excluding tert-OH is 1. The molecule has 0 aliphatic carbocycles. The third kappa shape index (κ3) is 6.07. The molecular formula is C16H16F17N3O5S. The molecule has 1 atom stereocenters. The van der Waals surface area contributed by atoms with Gasteiger partial charge in [-0.1, -0.05) is 0 Å². The fourth-order valence-electron chi connectivity index (χ4n) is 2.69. The van der Waals surface area contributed by atoms with Crippen LogP contribution in [0.5, 0.6) is 0 Å². The van der Waals surface area contributed by atoms with E-state index >= 15 is 0 Å². The summed E-state index contributed by atoms with van der Waals surface area (Å²) >= 11 is 0. The van der Waals surface area contributed by atoms with Crippen LogP contribution in [-0.2, 0) is 19.6 Å². The third-order valence-corrected chi connectivity index (χ3v) is 7.10. The molecule has 0 fully saturated rings. The van der Waals surface area contributed by atoms with E-state index in [2.05, 4.69) is 5.73 Å². The van der Waals surface area contributed by atoms with Gasteiger partial charge < -0.3 is 16.6 Å². The number of hydrogen-bond donors (Lipinski definition) is 3. The molecular weight excluding hydrogens is 669 g/mol. The van der Waals surface area contributed by atoms with Crippen LogP contribution in [0, 0.1) is 0 Å². The van der Waals surface area contributed by atoms with Crippen molar-refractivity contribution < 1.29 is 97.8 Å². The van der Waals surface area contributed by atoms with E-state index in [-0.39, 0.29) is 0 Å². The molecule has 0 rings (SSSR count). The number of halogens is 17. The van der Waals surface area contributed by atoms with E-state index in [0.29, 0.717) is 0 Å². The van der Waals surface area contributed by atoms with Gasteiger partial charge in [0.2, 0.25) is 5.91 Å². The summed E-state index contributed by atoms with van der Waals surface area (Å²) in [7, 11) is -7.71. The van der Waals surface area contributed by atoms with E-state index in [1.54, 1.807) is 0 Å². The first-order valence-corrected chi connectivity index (χ1v) is 11.5. The number of ketones is 1. The number of alkyl halides is 17. The first-order chi connectivity index (χ1) is 18.2. The van der Waals surface area contributed by atoms with Crippen LogP contribution in [0.2, 0.25) is 0 Å². The number of hydrogen-bond acceptors (Lipinski definition) is 6. The Kier molecular flexibility index (Phi) is 11.1. The van der Waals surface area contributed by atoms with Gasteiger partial charge in [0.15, 0.2) is 5.78 Å². The van der Waals surface area contributed by atoms with Gasteiger partial charge in [0.1, 0.15) is 0 Å². The molecule has 250 valence electrons. The Balaban J connectivity index is 6.85. The lowest BCUT2D eigenvalue weighted by Gasteiger charge is -2.43. The molecule has 42 heavy (non-hydrogen) atoms. The Labute approximate surface area is 221 Å². The number of sulfonamides is 1. The van der Waals surface area contributed by atoms with Crippen molar-refractivity contribution in [2.45, 2.75) is 65.8 Å². The summed E-state index contributed by atoms with van der Waals surface area (Å²) in [4.78, 5) is 22.4. The Morgan fingerprint density at radius 1 is 0.667 bits per heavy atom. The van der Waals surface area contributed by atoms with Crippen molar-refractivity contribution >= 4 is 21.7 Å². The lowest BCUT2D eigenvalue weighted by molar-refractivity contribution is -0.458. The zero-order valence-corrected chi connectivity index (χ0v) is 20.4. The molecule has 1 amide bonds. The van der Waals surface area contributed by atoms with E-state index in [4.69, 9.17) is 10.8 Å². The summed E-state index contributed by atoms with van der Waals surface area (Å²) in [5, 5.41) is 0.917. The Morgan fingerprint density at radius 2 is 1.02 bits per heavy atom. The normalized spacial score (nSPS) is 16.1. The molecule has 0 aromatic heterocycles. The van der Waals surface area contributed by atoms with Crippen LogP contribution >= 0.6 is 0 Å². The van der Waals surface area contributed by atoms with Crippen LogP contribution < -0.4 is 11.5 Å². The average molecular weight is 685 g/mol. The topological polar surface area (TPSA) is 144 Å². The third-order valence-electron chi connectivity index (χ3n) is 5.15. The van der Waals surface area contributed by atoms with Gasteiger partial charge in [-0.2, -0.15) is 78.9 Å². The molecule has 0 spiro atoms. The number of nitrogens with two attached hydrogens (primary N) is 2. The predicted molar refractivity (Wildman–Crippen MR) is 99.7 cm³/mol. The fourth-order valence-corrected chi connectivity index (χ4v) is 4.12. The van der Waals surface area contributed by atoms with Crippen LogP contribution in [0.1, 0.15) is 12.8 Å². The van der Waals surface area contributed by atoms with Gasteiger partial charge in [0.25, 0.3) is 10.0 Å². The highest BCUT2D eigenvalue weighted by Crippen LogP contribution is 2.64. The van der Waals surface area contributed by atoms with Crippen molar-refractivity contribution in [2.24, 2.45) is 11.5 Å². The van der Waals surface area contributed by atoms with Crippen molar-refractivity contribution in [3.8, 4) is 0 Å². The quantitative estimate of drug-likeness (QED) is 0.214. The number of Topliss-reactive ketones (excluding diaryl/α,β-unsaturated/α-hetero) is 1. The Bertz CT molecular complexity index is 1110. The van der Waals surface area contributed by atoms with E-state index in [9.17, 15) is 92.6 Å². The van der Waals surface area contributed by atoms with Gasteiger partial charge in [0, 0.05) is 25.9 Å². The second kappa shape index (κ2) is 11.7. The molecule has 0 unspecified atom stereocenters. The lowest BCUT2D eigenvalue weighted by atomic mass is 9.91. The minimum absolute atomic E-state index is 1.01. The van der Waals surface area contributed by atoms with Gasteiger partial charge in [0.05, 0.1) is 12.6 Å². The zero-order valence-electron chi connectivity index (χ0n) is 19.6. The smallest absolute Gasteiger partial charge is 0.395 e. The van der Waals surface area contributed by atoms with Crippen molar-refractivity contribution in [1.29, 1.82) is 0 Å². The number of aliphatic hydroxyl groups is 1. The highest BCUT2D eigenvalue weighted by atomic mass is 32.2.